The van der Waals surface area contributed by atoms with Gasteiger partial charge in [-0.25, -0.2) is 4.98 Å². The first-order valence-corrected chi connectivity index (χ1v) is 12.0. The number of hydrogen-bond acceptors (Lipinski definition) is 6. The molecule has 3 aromatic rings. The van der Waals surface area contributed by atoms with E-state index in [9.17, 15) is 8.78 Å². The van der Waals surface area contributed by atoms with Crippen LogP contribution in [0, 0.1) is 12.8 Å². The molecule has 0 amide bonds. The first-order valence-electron chi connectivity index (χ1n) is 11.6. The van der Waals surface area contributed by atoms with Crippen LogP contribution in [0.4, 0.5) is 14.6 Å². The van der Waals surface area contributed by atoms with Gasteiger partial charge in [-0.05, 0) is 55.5 Å². The van der Waals surface area contributed by atoms with Crippen molar-refractivity contribution < 1.29 is 13.5 Å². The molecule has 4 rings (SSSR count). The molecule has 1 unspecified atom stereocenters. The van der Waals surface area contributed by atoms with E-state index in [1.165, 1.54) is 0 Å². The quantitative estimate of drug-likeness (QED) is 0.433. The number of anilines is 1. The van der Waals surface area contributed by atoms with E-state index in [0.29, 0.717) is 11.6 Å². The number of ether oxygens (including phenoxy) is 1. The third kappa shape index (κ3) is 4.95. The maximum atomic E-state index is 12.6. The minimum Gasteiger partial charge on any atom is -0.435 e. The fourth-order valence-corrected chi connectivity index (χ4v) is 5.21. The highest BCUT2D eigenvalue weighted by Crippen LogP contribution is 2.37. The molecule has 0 radical (unpaired) electrons. The second-order valence-corrected chi connectivity index (χ2v) is 9.57. The number of nitrogens with zero attached hydrogens (tertiary/aromatic N) is 5. The molecule has 34 heavy (non-hydrogen) atoms. The van der Waals surface area contributed by atoms with Crippen LogP contribution >= 0.6 is 11.6 Å². The molecular weight excluding hydrogens is 462 g/mol. The van der Waals surface area contributed by atoms with E-state index in [1.54, 1.807) is 12.1 Å². The number of piperazine rings is 1. The number of halogens is 3. The summed E-state index contributed by atoms with van der Waals surface area (Å²) in [6.07, 6.45) is 0.947. The van der Waals surface area contributed by atoms with Crippen LogP contribution in [0.3, 0.4) is 0 Å². The van der Waals surface area contributed by atoms with Crippen molar-refractivity contribution in [3.8, 4) is 5.75 Å². The summed E-state index contributed by atoms with van der Waals surface area (Å²) in [4.78, 5) is 21.4. The van der Waals surface area contributed by atoms with Crippen LogP contribution in [0.2, 0.25) is 5.28 Å². The summed E-state index contributed by atoms with van der Waals surface area (Å²) >= 11 is 6.24. The molecule has 0 aliphatic carbocycles. The van der Waals surface area contributed by atoms with Crippen LogP contribution in [-0.2, 0) is 0 Å². The zero-order valence-corrected chi connectivity index (χ0v) is 20.9. The summed E-state index contributed by atoms with van der Waals surface area (Å²) in [6, 6.07) is 7.59. The summed E-state index contributed by atoms with van der Waals surface area (Å²) in [5.74, 6) is 2.04. The molecule has 10 heteroatoms. The number of aromatic nitrogens is 4. The zero-order valence-electron chi connectivity index (χ0n) is 20.1. The van der Waals surface area contributed by atoms with E-state index in [0.717, 1.165) is 42.2 Å². The molecule has 1 aliphatic heterocycles. The second kappa shape index (κ2) is 10.00. The number of fused-ring (bicyclic) bond motifs is 1. The van der Waals surface area contributed by atoms with E-state index in [2.05, 4.69) is 62.2 Å². The summed E-state index contributed by atoms with van der Waals surface area (Å²) in [5, 5.41) is 0.183. The number of H-pyrrole nitrogens is 1. The molecule has 0 saturated carbocycles. The van der Waals surface area contributed by atoms with Crippen molar-refractivity contribution in [2.45, 2.75) is 65.8 Å². The number of rotatable bonds is 7. The Hall–Kier alpha value is -2.52. The highest BCUT2D eigenvalue weighted by Gasteiger charge is 2.38. The Kier molecular flexibility index (Phi) is 7.23. The average molecular weight is 493 g/mol. The summed E-state index contributed by atoms with van der Waals surface area (Å²) < 4.78 is 29.7. The molecule has 1 aromatic carbocycles. The number of alkyl halides is 2. The maximum Gasteiger partial charge on any atom is 0.387 e. The van der Waals surface area contributed by atoms with Gasteiger partial charge in [0, 0.05) is 31.2 Å². The average Bonchev–Trinajstić information content (AvgIpc) is 3.14. The van der Waals surface area contributed by atoms with Crippen LogP contribution in [0.1, 0.15) is 51.5 Å². The number of nitrogens with one attached hydrogen (secondary N) is 1. The molecule has 184 valence electrons. The standard InChI is InChI=1S/C24H31ClF2N6O/c1-6-17-12-32(22-19-21(29-15(5)28-19)30-23(25)31-22)14(4)11-33(17)20(13(2)3)16-7-9-18(10-8-16)34-24(26)27/h7-10,13-14,17,20,24H,6,11-12H2,1-5H3,(H,28,29,30,31)/t14-,17+,20?/m0/s1. The topological polar surface area (TPSA) is 70.2 Å². The first kappa shape index (κ1) is 24.6. The lowest BCUT2D eigenvalue weighted by molar-refractivity contribution is -0.0498. The van der Waals surface area contributed by atoms with Gasteiger partial charge in [0.15, 0.2) is 11.5 Å². The molecule has 3 atom stereocenters. The van der Waals surface area contributed by atoms with Gasteiger partial charge in [0.25, 0.3) is 0 Å². The minimum atomic E-state index is -2.83. The van der Waals surface area contributed by atoms with Gasteiger partial charge in [-0.3, -0.25) is 4.90 Å². The molecule has 2 aromatic heterocycles. The van der Waals surface area contributed by atoms with Gasteiger partial charge in [-0.2, -0.15) is 18.7 Å². The predicted octanol–water partition coefficient (Wildman–Crippen LogP) is 5.60. The van der Waals surface area contributed by atoms with Crippen molar-refractivity contribution in [2.24, 2.45) is 5.92 Å². The van der Waals surface area contributed by atoms with Crippen LogP contribution < -0.4 is 9.64 Å². The Morgan fingerprint density at radius 3 is 2.47 bits per heavy atom. The Balaban J connectivity index is 1.64. The number of hydrogen-bond donors (Lipinski definition) is 1. The highest BCUT2D eigenvalue weighted by atomic mass is 35.5. The number of imidazole rings is 1. The van der Waals surface area contributed by atoms with Crippen LogP contribution in [-0.4, -0.2) is 56.6 Å². The fraction of sp³-hybridized carbons (Fsp3) is 0.542. The molecule has 1 fully saturated rings. The molecule has 7 nitrogen and oxygen atoms in total. The van der Waals surface area contributed by atoms with Crippen LogP contribution in [0.15, 0.2) is 24.3 Å². The lowest BCUT2D eigenvalue weighted by Gasteiger charge is -2.50. The molecule has 3 heterocycles. The molecular formula is C24H31ClF2N6O. The molecule has 0 spiro atoms. The SMILES string of the molecule is CC[C@@H]1CN(c2nc(Cl)nc3nc(C)[nH]c23)[C@@H](C)CN1C(c1ccc(OC(F)F)cc1)C(C)C. The fourth-order valence-electron chi connectivity index (χ4n) is 5.05. The Morgan fingerprint density at radius 1 is 1.15 bits per heavy atom. The number of aryl methyl sites for hydroxylation is 1. The maximum absolute atomic E-state index is 12.6. The van der Waals surface area contributed by atoms with Crippen molar-refractivity contribution in [3.05, 3.63) is 40.9 Å². The van der Waals surface area contributed by atoms with E-state index >= 15 is 0 Å². The summed E-state index contributed by atoms with van der Waals surface area (Å²) in [6.45, 7) is 9.40. The van der Waals surface area contributed by atoms with E-state index < -0.39 is 6.61 Å². The smallest absolute Gasteiger partial charge is 0.387 e. The van der Waals surface area contributed by atoms with Gasteiger partial charge in [-0.1, -0.05) is 32.9 Å². The normalized spacial score (nSPS) is 20.5. The van der Waals surface area contributed by atoms with Crippen LogP contribution in [0.5, 0.6) is 5.75 Å². The number of aromatic amines is 1. The third-order valence-electron chi connectivity index (χ3n) is 6.49. The monoisotopic (exact) mass is 492 g/mol. The van der Waals surface area contributed by atoms with Gasteiger partial charge in [0.1, 0.15) is 17.1 Å². The largest absolute Gasteiger partial charge is 0.435 e. The Labute approximate surface area is 203 Å². The summed E-state index contributed by atoms with van der Waals surface area (Å²) in [5.41, 5.74) is 2.46. The minimum absolute atomic E-state index is 0.138. The predicted molar refractivity (Wildman–Crippen MR) is 130 cm³/mol. The van der Waals surface area contributed by atoms with Gasteiger partial charge in [-0.15, -0.1) is 0 Å². The van der Waals surface area contributed by atoms with Gasteiger partial charge < -0.3 is 14.6 Å². The molecule has 1 N–H and O–H groups in total. The van der Waals surface area contributed by atoms with Gasteiger partial charge >= 0.3 is 6.61 Å². The van der Waals surface area contributed by atoms with Gasteiger partial charge in [0.2, 0.25) is 5.28 Å². The Bertz CT molecular complexity index is 1120. The van der Waals surface area contributed by atoms with E-state index in [-0.39, 0.29) is 29.2 Å². The lowest BCUT2D eigenvalue weighted by atomic mass is 9.90. The molecule has 0 bridgehead atoms. The van der Waals surface area contributed by atoms with E-state index in [1.807, 2.05) is 19.1 Å². The van der Waals surface area contributed by atoms with Crippen molar-refractivity contribution in [3.63, 3.8) is 0 Å². The number of benzene rings is 1. The summed E-state index contributed by atoms with van der Waals surface area (Å²) in [7, 11) is 0. The Morgan fingerprint density at radius 2 is 1.85 bits per heavy atom. The van der Waals surface area contributed by atoms with Crippen LogP contribution in [0.25, 0.3) is 11.2 Å². The first-order chi connectivity index (χ1) is 16.2. The van der Waals surface area contributed by atoms with E-state index in [4.69, 9.17) is 11.6 Å². The lowest BCUT2D eigenvalue weighted by Crippen LogP contribution is -2.59. The van der Waals surface area contributed by atoms with Crippen molar-refractivity contribution in [1.29, 1.82) is 0 Å². The van der Waals surface area contributed by atoms with Gasteiger partial charge in [0.05, 0.1) is 0 Å². The third-order valence-corrected chi connectivity index (χ3v) is 6.65. The van der Waals surface area contributed by atoms with Crippen molar-refractivity contribution in [1.82, 2.24) is 24.8 Å². The van der Waals surface area contributed by atoms with Crippen molar-refractivity contribution in [2.75, 3.05) is 18.0 Å². The molecule has 1 aliphatic rings. The zero-order chi connectivity index (χ0) is 24.6. The highest BCUT2D eigenvalue weighted by molar-refractivity contribution is 6.28. The second-order valence-electron chi connectivity index (χ2n) is 9.23. The van der Waals surface area contributed by atoms with Crippen molar-refractivity contribution >= 4 is 28.6 Å². The molecule has 1 saturated heterocycles.